The zero-order valence-electron chi connectivity index (χ0n) is 15.6. The van der Waals surface area contributed by atoms with Crippen molar-refractivity contribution in [1.82, 2.24) is 0 Å². The van der Waals surface area contributed by atoms with Crippen LogP contribution in [0.25, 0.3) is 5.57 Å². The molecule has 0 saturated carbocycles. The molecular weight excluding hydrogens is 335 g/mol. The van der Waals surface area contributed by atoms with Gasteiger partial charge in [0.2, 0.25) is 0 Å². The predicted molar refractivity (Wildman–Crippen MR) is 107 cm³/mol. The molecule has 0 amide bonds. The van der Waals surface area contributed by atoms with Gasteiger partial charge in [-0.3, -0.25) is 9.20 Å². The number of hydrogen-bond acceptors (Lipinski definition) is 5. The lowest BCUT2D eigenvalue weighted by atomic mass is 9.78. The van der Waals surface area contributed by atoms with Crippen LogP contribution in [-0.2, 0) is 20.1 Å². The second-order valence-corrected chi connectivity index (χ2v) is 8.70. The highest BCUT2D eigenvalue weighted by Crippen LogP contribution is 2.36. The van der Waals surface area contributed by atoms with Gasteiger partial charge in [0, 0.05) is 40.8 Å². The van der Waals surface area contributed by atoms with E-state index in [1.807, 2.05) is 52.0 Å². The SMILES string of the molecule is CS(=O)CCN=CC(=CN)c1ccc(B2OC(C)(C)C(C)(C)O2)cc1. The van der Waals surface area contributed by atoms with Crippen molar-refractivity contribution in [3.8, 4) is 0 Å². The van der Waals surface area contributed by atoms with E-state index in [-0.39, 0.29) is 18.3 Å². The maximum atomic E-state index is 11.1. The fraction of sp³-hybridized carbons (Fsp3) is 0.500. The van der Waals surface area contributed by atoms with Crippen LogP contribution in [-0.4, -0.2) is 47.3 Å². The monoisotopic (exact) mass is 362 g/mol. The summed E-state index contributed by atoms with van der Waals surface area (Å²) in [6, 6.07) is 7.91. The van der Waals surface area contributed by atoms with E-state index in [0.717, 1.165) is 16.6 Å². The van der Waals surface area contributed by atoms with Gasteiger partial charge < -0.3 is 15.0 Å². The fourth-order valence-corrected chi connectivity index (χ4v) is 2.73. The van der Waals surface area contributed by atoms with E-state index in [4.69, 9.17) is 15.0 Å². The number of rotatable bonds is 6. The van der Waals surface area contributed by atoms with Gasteiger partial charge in [-0.05, 0) is 38.7 Å². The average molecular weight is 362 g/mol. The molecule has 1 aliphatic heterocycles. The van der Waals surface area contributed by atoms with Crippen LogP contribution in [0.15, 0.2) is 35.5 Å². The third-order valence-corrected chi connectivity index (χ3v) is 5.44. The summed E-state index contributed by atoms with van der Waals surface area (Å²) in [7, 11) is -1.21. The third kappa shape index (κ3) is 4.81. The Morgan fingerprint density at radius 3 is 2.24 bits per heavy atom. The van der Waals surface area contributed by atoms with Crippen LogP contribution in [0.5, 0.6) is 0 Å². The molecule has 0 aliphatic carbocycles. The quantitative estimate of drug-likeness (QED) is 0.618. The summed E-state index contributed by atoms with van der Waals surface area (Å²) in [4.78, 5) is 4.28. The van der Waals surface area contributed by atoms with Crippen molar-refractivity contribution in [2.75, 3.05) is 18.6 Å². The topological polar surface area (TPSA) is 73.9 Å². The van der Waals surface area contributed by atoms with Crippen LogP contribution < -0.4 is 11.2 Å². The van der Waals surface area contributed by atoms with Gasteiger partial charge in [-0.2, -0.15) is 0 Å². The molecule has 0 spiro atoms. The predicted octanol–water partition coefficient (Wildman–Crippen LogP) is 1.73. The molecule has 5 nitrogen and oxygen atoms in total. The summed E-state index contributed by atoms with van der Waals surface area (Å²) in [5, 5.41) is 0. The summed E-state index contributed by atoms with van der Waals surface area (Å²) in [6.45, 7) is 8.67. The smallest absolute Gasteiger partial charge is 0.404 e. The highest BCUT2D eigenvalue weighted by molar-refractivity contribution is 7.84. The van der Waals surface area contributed by atoms with Crippen molar-refractivity contribution >= 4 is 35.2 Å². The lowest BCUT2D eigenvalue weighted by Crippen LogP contribution is -2.41. The molecule has 1 heterocycles. The van der Waals surface area contributed by atoms with Crippen LogP contribution >= 0.6 is 0 Å². The van der Waals surface area contributed by atoms with Crippen molar-refractivity contribution in [2.24, 2.45) is 10.7 Å². The average Bonchev–Trinajstić information content (AvgIpc) is 2.75. The summed E-state index contributed by atoms with van der Waals surface area (Å²) in [6.07, 6.45) is 4.91. The summed E-state index contributed by atoms with van der Waals surface area (Å²) < 4.78 is 23.2. The first-order chi connectivity index (χ1) is 11.7. The Labute approximate surface area is 153 Å². The molecule has 1 unspecified atom stereocenters. The number of nitrogens with two attached hydrogens (primary N) is 1. The Balaban J connectivity index is 2.08. The van der Waals surface area contributed by atoms with E-state index in [9.17, 15) is 4.21 Å². The van der Waals surface area contributed by atoms with Crippen LogP contribution in [0.2, 0.25) is 0 Å². The second kappa shape index (κ2) is 7.85. The molecule has 136 valence electrons. The Bertz CT molecular complexity index is 668. The van der Waals surface area contributed by atoms with Crippen molar-refractivity contribution in [1.29, 1.82) is 0 Å². The van der Waals surface area contributed by atoms with E-state index in [2.05, 4.69) is 4.99 Å². The summed E-state index contributed by atoms with van der Waals surface area (Å²) in [5.41, 5.74) is 7.76. The Morgan fingerprint density at radius 2 is 1.76 bits per heavy atom. The van der Waals surface area contributed by atoms with Crippen LogP contribution in [0.1, 0.15) is 33.3 Å². The molecule has 2 rings (SSSR count). The third-order valence-electron chi connectivity index (χ3n) is 4.69. The minimum Gasteiger partial charge on any atom is -0.404 e. The molecule has 1 aromatic rings. The summed E-state index contributed by atoms with van der Waals surface area (Å²) >= 11 is 0. The molecule has 1 saturated heterocycles. The van der Waals surface area contributed by atoms with Gasteiger partial charge in [-0.25, -0.2) is 0 Å². The highest BCUT2D eigenvalue weighted by atomic mass is 32.2. The molecular formula is C18H27BN2O3S. The normalized spacial score (nSPS) is 21.0. The van der Waals surface area contributed by atoms with Crippen molar-refractivity contribution in [3.05, 3.63) is 36.0 Å². The number of aliphatic imine (C=N–C) groups is 1. The highest BCUT2D eigenvalue weighted by Gasteiger charge is 2.51. The largest absolute Gasteiger partial charge is 0.494 e. The summed E-state index contributed by atoms with van der Waals surface area (Å²) in [5.74, 6) is 0.551. The Kier molecular flexibility index (Phi) is 6.24. The zero-order valence-corrected chi connectivity index (χ0v) is 16.4. The van der Waals surface area contributed by atoms with E-state index in [1.165, 1.54) is 6.20 Å². The fourth-order valence-electron chi connectivity index (χ4n) is 2.37. The lowest BCUT2D eigenvalue weighted by Gasteiger charge is -2.32. The molecule has 1 atom stereocenters. The van der Waals surface area contributed by atoms with E-state index in [1.54, 1.807) is 12.5 Å². The molecule has 2 N–H and O–H groups in total. The van der Waals surface area contributed by atoms with E-state index >= 15 is 0 Å². The van der Waals surface area contributed by atoms with Crippen molar-refractivity contribution in [2.45, 2.75) is 38.9 Å². The van der Waals surface area contributed by atoms with Gasteiger partial charge >= 0.3 is 7.12 Å². The first-order valence-corrected chi connectivity index (χ1v) is 10.1. The second-order valence-electron chi connectivity index (χ2n) is 7.14. The number of hydrogen-bond donors (Lipinski definition) is 1. The molecule has 25 heavy (non-hydrogen) atoms. The lowest BCUT2D eigenvalue weighted by molar-refractivity contribution is 0.00578. The minimum absolute atomic E-state index is 0.356. The van der Waals surface area contributed by atoms with Crippen LogP contribution in [0.3, 0.4) is 0 Å². The van der Waals surface area contributed by atoms with E-state index in [0.29, 0.717) is 12.3 Å². The maximum absolute atomic E-state index is 11.1. The molecule has 1 fully saturated rings. The first-order valence-electron chi connectivity index (χ1n) is 8.34. The molecule has 1 aliphatic rings. The zero-order chi connectivity index (χ0) is 18.7. The molecule has 0 bridgehead atoms. The van der Waals surface area contributed by atoms with Crippen LogP contribution in [0.4, 0.5) is 0 Å². The molecule has 1 aromatic carbocycles. The maximum Gasteiger partial charge on any atom is 0.494 e. The van der Waals surface area contributed by atoms with Crippen LogP contribution in [0, 0.1) is 0 Å². The van der Waals surface area contributed by atoms with Gasteiger partial charge in [0.25, 0.3) is 0 Å². The standard InChI is InChI=1S/C18H27BN2O3S/c1-17(2)18(3,4)24-19(23-17)16-8-6-14(7-9-16)15(12-20)13-21-10-11-25(5)22/h6-9,12-13H,10-11,20H2,1-5H3. The van der Waals surface area contributed by atoms with Crippen molar-refractivity contribution in [3.63, 3.8) is 0 Å². The Morgan fingerprint density at radius 1 is 1.20 bits per heavy atom. The Hall–Kier alpha value is -1.44. The number of benzene rings is 1. The number of allylic oxidation sites excluding steroid dienone is 1. The van der Waals surface area contributed by atoms with Gasteiger partial charge in [0.15, 0.2) is 0 Å². The van der Waals surface area contributed by atoms with E-state index < -0.39 is 10.8 Å². The number of nitrogens with zero attached hydrogens (tertiary/aromatic N) is 1. The van der Waals surface area contributed by atoms with Gasteiger partial charge in [0.05, 0.1) is 17.7 Å². The molecule has 7 heteroatoms. The van der Waals surface area contributed by atoms with Gasteiger partial charge in [0.1, 0.15) is 0 Å². The first kappa shape index (κ1) is 19.9. The van der Waals surface area contributed by atoms with Gasteiger partial charge in [-0.15, -0.1) is 0 Å². The van der Waals surface area contributed by atoms with Crippen molar-refractivity contribution < 1.29 is 13.5 Å². The molecule has 0 aromatic heterocycles. The minimum atomic E-state index is -0.837. The molecule has 0 radical (unpaired) electrons. The van der Waals surface area contributed by atoms with Gasteiger partial charge in [-0.1, -0.05) is 24.3 Å².